The largest absolute Gasteiger partial charge is 0.466 e. The van der Waals surface area contributed by atoms with E-state index >= 15 is 0 Å². The minimum absolute atomic E-state index is 0.0395. The van der Waals surface area contributed by atoms with Gasteiger partial charge in [0.1, 0.15) is 0 Å². The van der Waals surface area contributed by atoms with Crippen molar-refractivity contribution in [2.45, 2.75) is 136 Å². The van der Waals surface area contributed by atoms with Gasteiger partial charge in [-0.3, -0.25) is 4.79 Å². The monoisotopic (exact) mass is 528 g/mol. The van der Waals surface area contributed by atoms with Gasteiger partial charge in [-0.25, -0.2) is 0 Å². The fourth-order valence-electron chi connectivity index (χ4n) is 7.29. The van der Waals surface area contributed by atoms with Crippen molar-refractivity contribution in [1.29, 1.82) is 0 Å². The number of allylic oxidation sites excluding steroid dienone is 4. The first kappa shape index (κ1) is 30.4. The molecular weight excluding hydrogens is 472 g/mol. The third-order valence-electron chi connectivity index (χ3n) is 10.5. The van der Waals surface area contributed by atoms with Gasteiger partial charge in [-0.05, 0) is 118 Å². The van der Waals surface area contributed by atoms with Crippen molar-refractivity contribution in [3.05, 3.63) is 35.5 Å². The zero-order valence-corrected chi connectivity index (χ0v) is 26.4. The fourth-order valence-corrected chi connectivity index (χ4v) is 8.68. The molecule has 3 nitrogen and oxygen atoms in total. The molecule has 0 aliphatic heterocycles. The van der Waals surface area contributed by atoms with Crippen molar-refractivity contribution in [3.63, 3.8) is 0 Å². The molecule has 0 amide bonds. The van der Waals surface area contributed by atoms with Crippen molar-refractivity contribution < 1.29 is 14.0 Å². The highest BCUT2D eigenvalue weighted by atomic mass is 28.4. The molecule has 0 aromatic carbocycles. The highest BCUT2D eigenvalue weighted by molar-refractivity contribution is 6.74. The molecule has 5 unspecified atom stereocenters. The lowest BCUT2D eigenvalue weighted by molar-refractivity contribution is -0.143. The van der Waals surface area contributed by atoms with E-state index in [1.807, 2.05) is 6.92 Å². The fraction of sp³-hybridized carbons (Fsp3) is 0.788. The summed E-state index contributed by atoms with van der Waals surface area (Å²) in [5.74, 6) is 2.07. The third kappa shape index (κ3) is 7.29. The molecule has 0 aromatic rings. The molecule has 0 spiro atoms. The van der Waals surface area contributed by atoms with Gasteiger partial charge in [-0.15, -0.1) is 0 Å². The number of rotatable bonds is 9. The molecule has 3 aliphatic rings. The highest BCUT2D eigenvalue weighted by Crippen LogP contribution is 2.60. The van der Waals surface area contributed by atoms with E-state index in [9.17, 15) is 4.79 Å². The Bertz CT molecular complexity index is 876. The molecule has 0 aromatic heterocycles. The summed E-state index contributed by atoms with van der Waals surface area (Å²) in [6, 6.07) is 0. The van der Waals surface area contributed by atoms with Crippen molar-refractivity contribution in [1.82, 2.24) is 0 Å². The molecule has 210 valence electrons. The first-order chi connectivity index (χ1) is 17.3. The van der Waals surface area contributed by atoms with E-state index in [0.29, 0.717) is 36.4 Å². The lowest BCUT2D eigenvalue weighted by atomic mass is 9.60. The molecule has 0 saturated heterocycles. The summed E-state index contributed by atoms with van der Waals surface area (Å²) < 4.78 is 11.9. The molecular formula is C33H56O3Si. The number of fused-ring (bicyclic) bond motifs is 1. The summed E-state index contributed by atoms with van der Waals surface area (Å²) in [6.07, 6.45) is 17.6. The first-order valence-electron chi connectivity index (χ1n) is 15.2. The maximum Gasteiger partial charge on any atom is 0.305 e. The van der Waals surface area contributed by atoms with Crippen molar-refractivity contribution >= 4 is 14.3 Å². The van der Waals surface area contributed by atoms with Crippen LogP contribution in [-0.2, 0) is 14.0 Å². The van der Waals surface area contributed by atoms with Crippen LogP contribution in [-0.4, -0.2) is 27.0 Å². The standard InChI is InChI=1S/C33H56O3Si/c1-10-35-31(34)15-11-13-25(3)29-20-21-30-26(14-12-22-33(29,30)7)17-18-27-23-28(19-16-24(27)2)36-37(8,9)32(4,5)6/h17-18,25,28-30H,2,10-16,19-23H2,1,3-9H3/b26-17+,27-18-. The Morgan fingerprint density at radius 3 is 2.59 bits per heavy atom. The molecule has 3 rings (SSSR count). The first-order valence-corrected chi connectivity index (χ1v) is 18.1. The molecule has 37 heavy (non-hydrogen) atoms. The van der Waals surface area contributed by atoms with Crippen molar-refractivity contribution in [2.75, 3.05) is 6.61 Å². The Hall–Kier alpha value is -1.13. The van der Waals surface area contributed by atoms with Crippen LogP contribution in [0.25, 0.3) is 0 Å². The SMILES string of the molecule is C=C1CCC(O[Si](C)(C)C(C)(C)C)C/C1=C/C=C1\CCCC2(C)C1CCC2C(C)CCCC(=O)OCC. The Balaban J connectivity index is 1.66. The van der Waals surface area contributed by atoms with Crippen molar-refractivity contribution in [3.8, 4) is 0 Å². The summed E-state index contributed by atoms with van der Waals surface area (Å²) in [5, 5.41) is 0.245. The summed E-state index contributed by atoms with van der Waals surface area (Å²) >= 11 is 0. The Kier molecular flexibility index (Phi) is 10.2. The van der Waals surface area contributed by atoms with Gasteiger partial charge < -0.3 is 9.16 Å². The summed E-state index contributed by atoms with van der Waals surface area (Å²) in [6.45, 7) is 23.5. The maximum absolute atomic E-state index is 11.8. The maximum atomic E-state index is 11.8. The van der Waals surface area contributed by atoms with Gasteiger partial charge in [0.15, 0.2) is 8.32 Å². The zero-order valence-electron chi connectivity index (χ0n) is 25.4. The average molecular weight is 529 g/mol. The van der Waals surface area contributed by atoms with Gasteiger partial charge in [-0.2, -0.15) is 0 Å². The quantitative estimate of drug-likeness (QED) is 0.221. The van der Waals surface area contributed by atoms with E-state index in [1.165, 1.54) is 43.3 Å². The number of hydrogen-bond acceptors (Lipinski definition) is 3. The molecule has 3 aliphatic carbocycles. The van der Waals surface area contributed by atoms with Crippen LogP contribution in [0.5, 0.6) is 0 Å². The van der Waals surface area contributed by atoms with Crippen LogP contribution >= 0.6 is 0 Å². The van der Waals surface area contributed by atoms with Gasteiger partial charge in [0.05, 0.1) is 6.61 Å². The topological polar surface area (TPSA) is 35.5 Å². The number of ether oxygens (including phenoxy) is 1. The van der Waals surface area contributed by atoms with Crippen molar-refractivity contribution in [2.24, 2.45) is 23.2 Å². The predicted molar refractivity (Wildman–Crippen MR) is 159 cm³/mol. The van der Waals surface area contributed by atoms with Gasteiger partial charge in [-0.1, -0.05) is 64.5 Å². The molecule has 5 atom stereocenters. The van der Waals surface area contributed by atoms with Crippen LogP contribution in [0.3, 0.4) is 0 Å². The zero-order chi connectivity index (χ0) is 27.4. The Labute approximate surface area is 229 Å². The van der Waals surface area contributed by atoms with E-state index in [1.54, 1.807) is 5.57 Å². The average Bonchev–Trinajstić information content (AvgIpc) is 3.16. The minimum Gasteiger partial charge on any atom is -0.466 e. The van der Waals surface area contributed by atoms with Crippen LogP contribution in [0, 0.1) is 23.2 Å². The number of hydrogen-bond donors (Lipinski definition) is 0. The number of esters is 1. The van der Waals surface area contributed by atoms with Gasteiger partial charge >= 0.3 is 5.97 Å². The van der Waals surface area contributed by atoms with Gasteiger partial charge in [0.25, 0.3) is 0 Å². The van der Waals surface area contributed by atoms with Crippen LogP contribution in [0.4, 0.5) is 0 Å². The Morgan fingerprint density at radius 1 is 1.19 bits per heavy atom. The smallest absolute Gasteiger partial charge is 0.305 e. The van der Waals surface area contributed by atoms with E-state index in [-0.39, 0.29) is 11.0 Å². The normalized spacial score (nSPS) is 32.0. The van der Waals surface area contributed by atoms with Crippen LogP contribution in [0.1, 0.15) is 112 Å². The second-order valence-electron chi connectivity index (χ2n) is 14.1. The Morgan fingerprint density at radius 2 is 1.92 bits per heavy atom. The lowest BCUT2D eigenvalue weighted by Gasteiger charge is -2.44. The number of carbonyl (C=O) groups is 1. The predicted octanol–water partition coefficient (Wildman–Crippen LogP) is 9.56. The van der Waals surface area contributed by atoms with Gasteiger partial charge in [0.2, 0.25) is 0 Å². The van der Waals surface area contributed by atoms with Crippen LogP contribution in [0.2, 0.25) is 18.1 Å². The van der Waals surface area contributed by atoms with E-state index in [0.717, 1.165) is 38.0 Å². The minimum atomic E-state index is -1.76. The second kappa shape index (κ2) is 12.4. The van der Waals surface area contributed by atoms with Crippen LogP contribution < -0.4 is 0 Å². The molecule has 0 radical (unpaired) electrons. The molecule has 3 fully saturated rings. The van der Waals surface area contributed by atoms with E-state index < -0.39 is 8.32 Å². The van der Waals surface area contributed by atoms with E-state index in [2.05, 4.69) is 66.4 Å². The summed E-state index contributed by atoms with van der Waals surface area (Å²) in [7, 11) is -1.76. The van der Waals surface area contributed by atoms with E-state index in [4.69, 9.17) is 9.16 Å². The molecule has 0 bridgehead atoms. The molecule has 4 heteroatoms. The highest BCUT2D eigenvalue weighted by Gasteiger charge is 2.50. The van der Waals surface area contributed by atoms with Gasteiger partial charge in [0, 0.05) is 12.5 Å². The second-order valence-corrected chi connectivity index (χ2v) is 18.8. The molecule has 0 N–H and O–H groups in total. The molecule has 0 heterocycles. The lowest BCUT2D eigenvalue weighted by Crippen LogP contribution is -2.44. The third-order valence-corrected chi connectivity index (χ3v) is 15.0. The summed E-state index contributed by atoms with van der Waals surface area (Å²) in [5.41, 5.74) is 4.79. The summed E-state index contributed by atoms with van der Waals surface area (Å²) in [4.78, 5) is 11.8. The number of carbonyl (C=O) groups excluding carboxylic acids is 1. The molecule has 3 saturated carbocycles. The van der Waals surface area contributed by atoms with Crippen LogP contribution in [0.15, 0.2) is 35.5 Å².